The molecule has 36 heavy (non-hydrogen) atoms. The third-order valence-electron chi connectivity index (χ3n) is 6.06. The Hall–Kier alpha value is -2.47. The Morgan fingerprint density at radius 1 is 0.833 bits per heavy atom. The van der Waals surface area contributed by atoms with E-state index in [2.05, 4.69) is 33.4 Å². The second kappa shape index (κ2) is 18.8. The molecule has 0 radical (unpaired) electrons. The minimum Gasteiger partial charge on any atom is -0.423 e. The van der Waals surface area contributed by atoms with E-state index in [1.54, 1.807) is 48.7 Å². The maximum atomic E-state index is 12.2. The number of unbranched alkanes of at least 4 members (excludes halogenated alkanes) is 12. The number of amides is 1. The number of nitrogens with zero attached hydrogens (tertiary/aromatic N) is 1. The summed E-state index contributed by atoms with van der Waals surface area (Å²) in [4.78, 5) is 24.2. The van der Waals surface area contributed by atoms with Gasteiger partial charge in [0.05, 0.1) is 11.8 Å². The summed E-state index contributed by atoms with van der Waals surface area (Å²) in [5, 5.41) is 4.03. The SMILES string of the molecule is CCCCCCCCCCCCCCCC(=O)NN=Cc1ccc(OC(=O)c2cccc(Br)c2)cc1. The summed E-state index contributed by atoms with van der Waals surface area (Å²) in [5.41, 5.74) is 3.87. The molecule has 6 heteroatoms. The summed E-state index contributed by atoms with van der Waals surface area (Å²) in [6.45, 7) is 2.26. The van der Waals surface area contributed by atoms with Crippen LogP contribution in [0.3, 0.4) is 0 Å². The van der Waals surface area contributed by atoms with Crippen molar-refractivity contribution in [3.05, 3.63) is 64.1 Å². The van der Waals surface area contributed by atoms with Crippen molar-refractivity contribution in [3.63, 3.8) is 0 Å². The first kappa shape index (κ1) is 29.8. The molecule has 0 atom stereocenters. The molecular weight excluding hydrogens is 516 g/mol. The number of hydrazone groups is 1. The molecule has 5 nitrogen and oxygen atoms in total. The van der Waals surface area contributed by atoms with E-state index in [-0.39, 0.29) is 5.91 Å². The van der Waals surface area contributed by atoms with Gasteiger partial charge in [0.1, 0.15) is 5.75 Å². The maximum absolute atomic E-state index is 12.2. The van der Waals surface area contributed by atoms with Crippen LogP contribution in [0.2, 0.25) is 0 Å². The molecule has 0 heterocycles. The lowest BCUT2D eigenvalue weighted by Crippen LogP contribution is -2.16. The molecule has 0 aromatic heterocycles. The van der Waals surface area contributed by atoms with Crippen LogP contribution in [-0.2, 0) is 4.79 Å². The summed E-state index contributed by atoms with van der Waals surface area (Å²) in [5.74, 6) is -0.0318. The van der Waals surface area contributed by atoms with E-state index in [1.165, 1.54) is 70.6 Å². The molecule has 0 aliphatic heterocycles. The highest BCUT2D eigenvalue weighted by atomic mass is 79.9. The lowest BCUT2D eigenvalue weighted by atomic mass is 10.0. The number of hydrogen-bond donors (Lipinski definition) is 1. The number of rotatable bonds is 18. The fraction of sp³-hybridized carbons (Fsp3) is 0.500. The molecule has 0 aliphatic carbocycles. The fourth-order valence-electron chi connectivity index (χ4n) is 3.94. The van der Waals surface area contributed by atoms with Crippen molar-refractivity contribution in [2.75, 3.05) is 0 Å². The number of ether oxygens (including phenoxy) is 1. The highest BCUT2D eigenvalue weighted by Crippen LogP contribution is 2.17. The van der Waals surface area contributed by atoms with Crippen molar-refractivity contribution >= 4 is 34.0 Å². The van der Waals surface area contributed by atoms with Crippen LogP contribution in [0, 0.1) is 0 Å². The van der Waals surface area contributed by atoms with E-state index in [1.807, 2.05) is 6.07 Å². The molecule has 2 rings (SSSR count). The lowest BCUT2D eigenvalue weighted by Gasteiger charge is -2.05. The second-order valence-corrected chi connectivity index (χ2v) is 10.2. The molecule has 0 fully saturated rings. The lowest BCUT2D eigenvalue weighted by molar-refractivity contribution is -0.121. The Bertz CT molecular complexity index is 928. The van der Waals surface area contributed by atoms with Gasteiger partial charge < -0.3 is 4.74 Å². The molecule has 196 valence electrons. The summed E-state index contributed by atoms with van der Waals surface area (Å²) in [6, 6.07) is 14.0. The molecule has 0 unspecified atom stereocenters. The summed E-state index contributed by atoms with van der Waals surface area (Å²) < 4.78 is 6.21. The summed E-state index contributed by atoms with van der Waals surface area (Å²) >= 11 is 3.35. The number of halogens is 1. The molecule has 0 bridgehead atoms. The van der Waals surface area contributed by atoms with E-state index in [4.69, 9.17) is 4.74 Å². The topological polar surface area (TPSA) is 67.8 Å². The predicted molar refractivity (Wildman–Crippen MR) is 152 cm³/mol. The zero-order valence-electron chi connectivity index (χ0n) is 21.6. The molecule has 0 aliphatic rings. The Labute approximate surface area is 225 Å². The van der Waals surface area contributed by atoms with Crippen molar-refractivity contribution in [3.8, 4) is 5.75 Å². The Morgan fingerprint density at radius 2 is 1.42 bits per heavy atom. The minimum absolute atomic E-state index is 0.0612. The second-order valence-electron chi connectivity index (χ2n) is 9.25. The molecule has 2 aromatic rings. The van der Waals surface area contributed by atoms with Gasteiger partial charge in [-0.25, -0.2) is 10.2 Å². The van der Waals surface area contributed by atoms with Crippen LogP contribution in [0.25, 0.3) is 0 Å². The number of carbonyl (C=O) groups excluding carboxylic acids is 2. The smallest absolute Gasteiger partial charge is 0.343 e. The van der Waals surface area contributed by atoms with Gasteiger partial charge in [0.2, 0.25) is 5.91 Å². The van der Waals surface area contributed by atoms with Crippen LogP contribution in [0.5, 0.6) is 5.75 Å². The van der Waals surface area contributed by atoms with Gasteiger partial charge in [0.25, 0.3) is 0 Å². The summed E-state index contributed by atoms with van der Waals surface area (Å²) in [6.07, 6.45) is 18.8. The normalized spacial score (nSPS) is 11.1. The van der Waals surface area contributed by atoms with E-state index in [9.17, 15) is 9.59 Å². The minimum atomic E-state index is -0.418. The van der Waals surface area contributed by atoms with E-state index >= 15 is 0 Å². The van der Waals surface area contributed by atoms with Gasteiger partial charge in [-0.3, -0.25) is 4.79 Å². The van der Waals surface area contributed by atoms with Gasteiger partial charge in [-0.1, -0.05) is 106 Å². The monoisotopic (exact) mass is 556 g/mol. The van der Waals surface area contributed by atoms with Gasteiger partial charge >= 0.3 is 5.97 Å². The Balaban J connectivity index is 1.51. The van der Waals surface area contributed by atoms with E-state index in [0.29, 0.717) is 17.7 Å². The average Bonchev–Trinajstić information content (AvgIpc) is 2.88. The van der Waals surface area contributed by atoms with Gasteiger partial charge in [-0.05, 0) is 54.4 Å². The van der Waals surface area contributed by atoms with Crippen LogP contribution in [0.4, 0.5) is 0 Å². The van der Waals surface area contributed by atoms with Crippen molar-refractivity contribution in [1.29, 1.82) is 0 Å². The van der Waals surface area contributed by atoms with Gasteiger partial charge in [0.15, 0.2) is 0 Å². The average molecular weight is 558 g/mol. The third-order valence-corrected chi connectivity index (χ3v) is 6.55. The molecule has 0 spiro atoms. The van der Waals surface area contributed by atoms with Crippen LogP contribution < -0.4 is 10.2 Å². The maximum Gasteiger partial charge on any atom is 0.343 e. The molecule has 1 N–H and O–H groups in total. The number of hydrogen-bond acceptors (Lipinski definition) is 4. The highest BCUT2D eigenvalue weighted by Gasteiger charge is 2.08. The predicted octanol–water partition coefficient (Wildman–Crippen LogP) is 8.60. The third kappa shape index (κ3) is 13.6. The zero-order valence-corrected chi connectivity index (χ0v) is 23.2. The first-order valence-electron chi connectivity index (χ1n) is 13.5. The van der Waals surface area contributed by atoms with E-state index in [0.717, 1.165) is 22.9 Å². The largest absolute Gasteiger partial charge is 0.423 e. The molecular formula is C30H41BrN2O3. The summed E-state index contributed by atoms with van der Waals surface area (Å²) in [7, 11) is 0. The number of carbonyl (C=O) groups is 2. The molecule has 2 aromatic carbocycles. The quantitative estimate of drug-likeness (QED) is 0.0656. The van der Waals surface area contributed by atoms with Crippen LogP contribution in [0.15, 0.2) is 58.1 Å². The van der Waals surface area contributed by atoms with Gasteiger partial charge in [-0.2, -0.15) is 5.10 Å². The standard InChI is InChI=1S/C30H41BrN2O3/c1-2-3-4-5-6-7-8-9-10-11-12-13-14-18-29(34)33-32-24-25-19-21-28(22-20-25)36-30(35)26-16-15-17-27(31)23-26/h15-17,19-24H,2-14,18H2,1H3,(H,33,34). The van der Waals surface area contributed by atoms with Crippen LogP contribution in [0.1, 0.15) is 113 Å². The Morgan fingerprint density at radius 3 is 2.00 bits per heavy atom. The van der Waals surface area contributed by atoms with Crippen LogP contribution in [-0.4, -0.2) is 18.1 Å². The molecule has 1 amide bonds. The van der Waals surface area contributed by atoms with Gasteiger partial charge in [-0.15, -0.1) is 0 Å². The van der Waals surface area contributed by atoms with Crippen molar-refractivity contribution in [2.45, 2.75) is 96.8 Å². The van der Waals surface area contributed by atoms with Crippen LogP contribution >= 0.6 is 15.9 Å². The fourth-order valence-corrected chi connectivity index (χ4v) is 4.34. The number of nitrogens with one attached hydrogen (secondary N) is 1. The van der Waals surface area contributed by atoms with Gasteiger partial charge in [0, 0.05) is 10.9 Å². The van der Waals surface area contributed by atoms with Crippen molar-refractivity contribution in [1.82, 2.24) is 5.43 Å². The van der Waals surface area contributed by atoms with Crippen molar-refractivity contribution in [2.24, 2.45) is 5.10 Å². The van der Waals surface area contributed by atoms with E-state index < -0.39 is 5.97 Å². The van der Waals surface area contributed by atoms with Crippen molar-refractivity contribution < 1.29 is 14.3 Å². The first-order valence-corrected chi connectivity index (χ1v) is 14.3. The first-order chi connectivity index (χ1) is 17.6. The number of esters is 1. The Kier molecular flexibility index (Phi) is 15.5. The zero-order chi connectivity index (χ0) is 25.8. The highest BCUT2D eigenvalue weighted by molar-refractivity contribution is 9.10. The number of benzene rings is 2. The molecule has 0 saturated carbocycles. The molecule has 0 saturated heterocycles.